The van der Waals surface area contributed by atoms with E-state index in [9.17, 15) is 9.59 Å². The van der Waals surface area contributed by atoms with E-state index in [0.717, 1.165) is 105 Å². The number of nitrogens with zero attached hydrogens (tertiary/aromatic N) is 6. The molecule has 2 atom stereocenters. The van der Waals surface area contributed by atoms with Crippen molar-refractivity contribution < 1.29 is 19.1 Å². The number of carbonyl (C=O) groups excluding carboxylic acids is 2. The van der Waals surface area contributed by atoms with Crippen molar-refractivity contribution in [2.45, 2.75) is 72.1 Å². The maximum atomic E-state index is 13.1. The molecule has 3 N–H and O–H groups in total. The second-order valence-electron chi connectivity index (χ2n) is 15.8. The van der Waals surface area contributed by atoms with Crippen molar-refractivity contribution in [2.75, 3.05) is 84.6 Å². The molecule has 2 fully saturated rings. The van der Waals surface area contributed by atoms with Gasteiger partial charge in [0.05, 0.1) is 42.0 Å². The van der Waals surface area contributed by atoms with Gasteiger partial charge in [-0.1, -0.05) is 26.0 Å². The van der Waals surface area contributed by atoms with Crippen LogP contribution in [0, 0.1) is 5.41 Å². The minimum Gasteiger partial charge on any atom is -0.467 e. The number of fused-ring (bicyclic) bond motifs is 1. The van der Waals surface area contributed by atoms with Crippen LogP contribution in [0.15, 0.2) is 36.5 Å². The van der Waals surface area contributed by atoms with Crippen molar-refractivity contribution in [1.29, 1.82) is 0 Å². The lowest BCUT2D eigenvalue weighted by molar-refractivity contribution is -0.137. The molecule has 12 heteroatoms. The van der Waals surface area contributed by atoms with Crippen LogP contribution < -0.4 is 16.1 Å². The molecule has 2 saturated heterocycles. The lowest BCUT2D eigenvalue weighted by Gasteiger charge is -2.34. The first-order valence-corrected chi connectivity index (χ1v) is 19.4. The van der Waals surface area contributed by atoms with Gasteiger partial charge < -0.3 is 29.6 Å². The summed E-state index contributed by atoms with van der Waals surface area (Å²) < 4.78 is 13.7. The number of piperazine rings is 1. The Hall–Kier alpha value is -3.81. The highest BCUT2D eigenvalue weighted by Gasteiger charge is 2.31. The van der Waals surface area contributed by atoms with Gasteiger partial charge in [-0.05, 0) is 81.5 Å². The Labute approximate surface area is 315 Å². The van der Waals surface area contributed by atoms with Crippen molar-refractivity contribution in [3.05, 3.63) is 53.4 Å². The Morgan fingerprint density at radius 3 is 2.60 bits per heavy atom. The van der Waals surface area contributed by atoms with Crippen LogP contribution in [0.5, 0.6) is 0 Å². The monoisotopic (exact) mass is 728 g/mol. The van der Waals surface area contributed by atoms with Crippen molar-refractivity contribution in [1.82, 2.24) is 29.8 Å². The average Bonchev–Trinajstić information content (AvgIpc) is 3.48. The summed E-state index contributed by atoms with van der Waals surface area (Å²) in [6, 6.07) is 8.56. The van der Waals surface area contributed by atoms with Crippen molar-refractivity contribution in [3.63, 3.8) is 0 Å². The highest BCUT2D eigenvalue weighted by atomic mass is 16.5. The van der Waals surface area contributed by atoms with Crippen LogP contribution in [0.4, 0.5) is 5.69 Å². The molecular weight excluding hydrogens is 669 g/mol. The fraction of sp³-hybridized carbons (Fsp3) is 0.585. The first-order chi connectivity index (χ1) is 25.5. The molecular formula is C41H60N8O4. The number of rotatable bonds is 14. The largest absolute Gasteiger partial charge is 0.467 e. The molecule has 6 rings (SSSR count). The molecule has 0 radical (unpaired) electrons. The number of nitrogens with two attached hydrogens (primary N) is 1. The molecule has 288 valence electrons. The lowest BCUT2D eigenvalue weighted by Crippen LogP contribution is -2.56. The number of aromatic nitrogens is 2. The Morgan fingerprint density at radius 2 is 1.91 bits per heavy atom. The standard InChI is InChI=1S/C41H60N8O4/c1-7-48-37-13-12-30(31-11-10-15-46(25-31)26-36(42)40(51)49-16-9-8-14-44-49)21-33(37)35(23-41(3,4)27-53-28-50)39(48)34-22-32(24-43-38(34)29(2)52-6)47-19-17-45(5)18-20-47/h11-13,21-22,24,28-29,36,44H,7-10,14-20,23,25-27,42H2,1-6H3. The van der Waals surface area contributed by atoms with Gasteiger partial charge in [-0.15, -0.1) is 0 Å². The zero-order valence-corrected chi connectivity index (χ0v) is 32.7. The number of pyridine rings is 1. The van der Waals surface area contributed by atoms with E-state index in [4.69, 9.17) is 20.2 Å². The van der Waals surface area contributed by atoms with E-state index in [0.29, 0.717) is 32.6 Å². The third-order valence-electron chi connectivity index (χ3n) is 11.2. The van der Waals surface area contributed by atoms with E-state index in [2.05, 4.69) is 89.8 Å². The van der Waals surface area contributed by atoms with Gasteiger partial charge in [-0.25, -0.2) is 5.43 Å². The number of hydrazine groups is 1. The fourth-order valence-electron chi connectivity index (χ4n) is 8.16. The van der Waals surface area contributed by atoms with Crippen LogP contribution >= 0.6 is 0 Å². The maximum absolute atomic E-state index is 13.1. The lowest BCUT2D eigenvalue weighted by atomic mass is 9.84. The number of ether oxygens (including phenoxy) is 2. The number of anilines is 1. The number of hydrogen-bond donors (Lipinski definition) is 2. The maximum Gasteiger partial charge on any atom is 0.293 e. The second kappa shape index (κ2) is 17.1. The summed E-state index contributed by atoms with van der Waals surface area (Å²) in [6.45, 7) is 17.7. The van der Waals surface area contributed by atoms with Gasteiger partial charge in [-0.3, -0.25) is 24.5 Å². The van der Waals surface area contributed by atoms with Crippen molar-refractivity contribution >= 4 is 34.5 Å². The van der Waals surface area contributed by atoms with Crippen LogP contribution in [0.3, 0.4) is 0 Å². The van der Waals surface area contributed by atoms with E-state index in [1.807, 2.05) is 6.20 Å². The summed E-state index contributed by atoms with van der Waals surface area (Å²) in [4.78, 5) is 36.7. The van der Waals surface area contributed by atoms with Gasteiger partial charge in [0.1, 0.15) is 0 Å². The molecule has 0 saturated carbocycles. The van der Waals surface area contributed by atoms with Crippen molar-refractivity contribution in [2.24, 2.45) is 11.1 Å². The van der Waals surface area contributed by atoms with E-state index in [1.54, 1.807) is 12.1 Å². The first-order valence-electron chi connectivity index (χ1n) is 19.4. The van der Waals surface area contributed by atoms with Gasteiger partial charge in [-0.2, -0.15) is 0 Å². The Morgan fingerprint density at radius 1 is 1.11 bits per heavy atom. The number of hydrogen-bond acceptors (Lipinski definition) is 10. The molecule has 3 aliphatic rings. The van der Waals surface area contributed by atoms with Crippen LogP contribution in [0.2, 0.25) is 0 Å². The van der Waals surface area contributed by atoms with Crippen LogP contribution in [0.25, 0.3) is 27.7 Å². The predicted octanol–water partition coefficient (Wildman–Crippen LogP) is 4.47. The summed E-state index contributed by atoms with van der Waals surface area (Å²) in [6.07, 6.45) is 7.78. The molecule has 0 aliphatic carbocycles. The highest BCUT2D eigenvalue weighted by Crippen LogP contribution is 2.42. The van der Waals surface area contributed by atoms with Crippen LogP contribution in [-0.4, -0.2) is 122 Å². The number of carbonyl (C=O) groups is 2. The van der Waals surface area contributed by atoms with Gasteiger partial charge in [0.25, 0.3) is 12.4 Å². The first kappa shape index (κ1) is 38.9. The minimum absolute atomic E-state index is 0.0326. The zero-order valence-electron chi connectivity index (χ0n) is 32.7. The quantitative estimate of drug-likeness (QED) is 0.230. The molecule has 53 heavy (non-hydrogen) atoms. The molecule has 3 aromatic rings. The van der Waals surface area contributed by atoms with Gasteiger partial charge in [0.15, 0.2) is 0 Å². The number of nitrogens with one attached hydrogen (secondary N) is 1. The molecule has 0 spiro atoms. The normalized spacial score (nSPS) is 19.0. The van der Waals surface area contributed by atoms with E-state index in [1.165, 1.54) is 16.5 Å². The Bertz CT molecular complexity index is 1770. The Balaban J connectivity index is 1.41. The van der Waals surface area contributed by atoms with Gasteiger partial charge in [0.2, 0.25) is 0 Å². The minimum atomic E-state index is -0.579. The average molecular weight is 729 g/mol. The fourth-order valence-corrected chi connectivity index (χ4v) is 8.16. The summed E-state index contributed by atoms with van der Waals surface area (Å²) in [5, 5.41) is 2.89. The van der Waals surface area contributed by atoms with Gasteiger partial charge >= 0.3 is 0 Å². The topological polar surface area (TPSA) is 121 Å². The number of amides is 1. The molecule has 0 bridgehead atoms. The molecule has 1 amide bonds. The number of benzene rings is 1. The third-order valence-corrected chi connectivity index (χ3v) is 11.2. The SMILES string of the molecule is CCn1c(-c2cc(N3CCN(C)CC3)cnc2C(C)OC)c(CC(C)(C)COC=O)c2cc(C3=CCCN(CC(N)C(=O)N4CCCCN4)C3)ccc21. The molecule has 1 aromatic carbocycles. The van der Waals surface area contributed by atoms with Crippen LogP contribution in [-0.2, 0) is 32.0 Å². The van der Waals surface area contributed by atoms with Gasteiger partial charge in [0, 0.05) is 94.4 Å². The van der Waals surface area contributed by atoms with Crippen LogP contribution in [0.1, 0.15) is 69.9 Å². The summed E-state index contributed by atoms with van der Waals surface area (Å²) >= 11 is 0. The second-order valence-corrected chi connectivity index (χ2v) is 15.8. The third kappa shape index (κ3) is 8.78. The number of aryl methyl sites for hydroxylation is 1. The molecule has 2 unspecified atom stereocenters. The van der Waals surface area contributed by atoms with E-state index in [-0.39, 0.29) is 17.4 Å². The molecule has 5 heterocycles. The smallest absolute Gasteiger partial charge is 0.293 e. The summed E-state index contributed by atoms with van der Waals surface area (Å²) in [7, 11) is 3.91. The zero-order chi connectivity index (χ0) is 37.7. The number of methoxy groups -OCH3 is 1. The summed E-state index contributed by atoms with van der Waals surface area (Å²) in [5.74, 6) is -0.0326. The number of likely N-dealkylation sites (N-methyl/N-ethyl adjacent to an activating group) is 1. The summed E-state index contributed by atoms with van der Waals surface area (Å²) in [5.41, 5.74) is 18.4. The molecule has 2 aromatic heterocycles. The van der Waals surface area contributed by atoms with Crippen molar-refractivity contribution in [3.8, 4) is 11.3 Å². The Kier molecular flexibility index (Phi) is 12.6. The highest BCUT2D eigenvalue weighted by molar-refractivity contribution is 5.95. The predicted molar refractivity (Wildman–Crippen MR) is 211 cm³/mol. The van der Waals surface area contributed by atoms with E-state index < -0.39 is 6.04 Å². The molecule has 12 nitrogen and oxygen atoms in total. The van der Waals surface area contributed by atoms with E-state index >= 15 is 0 Å². The molecule has 3 aliphatic heterocycles.